The van der Waals surface area contributed by atoms with E-state index in [2.05, 4.69) is 10.6 Å². The predicted octanol–water partition coefficient (Wildman–Crippen LogP) is 2.83. The first-order valence-electron chi connectivity index (χ1n) is 9.03. The van der Waals surface area contributed by atoms with Crippen molar-refractivity contribution in [3.63, 3.8) is 0 Å². The van der Waals surface area contributed by atoms with Crippen LogP contribution in [0.15, 0.2) is 54.6 Å². The zero-order valence-corrected chi connectivity index (χ0v) is 15.5. The van der Waals surface area contributed by atoms with Gasteiger partial charge in [-0.2, -0.15) is 0 Å². The zero-order valence-electron chi connectivity index (χ0n) is 15.5. The van der Waals surface area contributed by atoms with Gasteiger partial charge in [0.15, 0.2) is 0 Å². The molecule has 2 aromatic carbocycles. The van der Waals surface area contributed by atoms with Gasteiger partial charge in [0.05, 0.1) is 13.1 Å². The molecule has 0 aliphatic heterocycles. The van der Waals surface area contributed by atoms with E-state index in [0.29, 0.717) is 6.54 Å². The molecule has 0 radical (unpaired) electrons. The maximum Gasteiger partial charge on any atom is 0.243 e. The van der Waals surface area contributed by atoms with E-state index in [0.717, 1.165) is 29.8 Å². The second-order valence-corrected chi connectivity index (χ2v) is 6.12. The summed E-state index contributed by atoms with van der Waals surface area (Å²) in [6.07, 6.45) is 0.841. The Morgan fingerprint density at radius 1 is 0.923 bits per heavy atom. The number of hydrogen-bond acceptors (Lipinski definition) is 3. The van der Waals surface area contributed by atoms with Crippen molar-refractivity contribution in [1.82, 2.24) is 10.2 Å². The standard InChI is InChI=1S/C21H27N3O2/c1-3-18-12-8-9-13-19(18)23-20(25)14-22-21(26)16-24(4-2)15-17-10-6-5-7-11-17/h5-13H,3-4,14-16H2,1-2H3,(H,22,26)(H,23,25). The molecule has 2 amide bonds. The van der Waals surface area contributed by atoms with Crippen LogP contribution in [0.25, 0.3) is 0 Å². The predicted molar refractivity (Wildman–Crippen MR) is 105 cm³/mol. The minimum Gasteiger partial charge on any atom is -0.346 e. The number of nitrogens with zero attached hydrogens (tertiary/aromatic N) is 1. The summed E-state index contributed by atoms with van der Waals surface area (Å²) in [5.41, 5.74) is 3.04. The Morgan fingerprint density at radius 2 is 1.62 bits per heavy atom. The van der Waals surface area contributed by atoms with E-state index >= 15 is 0 Å². The summed E-state index contributed by atoms with van der Waals surface area (Å²) in [7, 11) is 0. The van der Waals surface area contributed by atoms with E-state index in [1.807, 2.05) is 73.3 Å². The fourth-order valence-electron chi connectivity index (χ4n) is 2.70. The van der Waals surface area contributed by atoms with Gasteiger partial charge in [-0.15, -0.1) is 0 Å². The smallest absolute Gasteiger partial charge is 0.243 e. The number of benzene rings is 2. The molecule has 0 saturated carbocycles. The van der Waals surface area contributed by atoms with E-state index in [4.69, 9.17) is 0 Å². The Bertz CT molecular complexity index is 716. The summed E-state index contributed by atoms with van der Waals surface area (Å²) in [4.78, 5) is 26.3. The Labute approximate surface area is 155 Å². The molecule has 0 bridgehead atoms. The summed E-state index contributed by atoms with van der Waals surface area (Å²) in [6.45, 7) is 5.77. The molecule has 0 atom stereocenters. The molecule has 5 heteroatoms. The molecule has 2 aromatic rings. The molecule has 0 aromatic heterocycles. The Morgan fingerprint density at radius 3 is 2.31 bits per heavy atom. The first kappa shape index (κ1) is 19.7. The summed E-state index contributed by atoms with van der Waals surface area (Å²) < 4.78 is 0. The van der Waals surface area contributed by atoms with Crippen LogP contribution in [0.2, 0.25) is 0 Å². The van der Waals surface area contributed by atoms with Gasteiger partial charge in [-0.25, -0.2) is 0 Å². The van der Waals surface area contributed by atoms with Gasteiger partial charge < -0.3 is 10.6 Å². The average Bonchev–Trinajstić information content (AvgIpc) is 2.67. The fourth-order valence-corrected chi connectivity index (χ4v) is 2.70. The molecule has 0 unspecified atom stereocenters. The maximum absolute atomic E-state index is 12.1. The molecule has 0 heterocycles. The van der Waals surface area contributed by atoms with Gasteiger partial charge >= 0.3 is 0 Å². The second kappa shape index (κ2) is 10.4. The topological polar surface area (TPSA) is 61.4 Å². The molecule has 26 heavy (non-hydrogen) atoms. The average molecular weight is 353 g/mol. The minimum absolute atomic E-state index is 0.0280. The van der Waals surface area contributed by atoms with Crippen LogP contribution < -0.4 is 10.6 Å². The van der Waals surface area contributed by atoms with E-state index in [-0.39, 0.29) is 24.9 Å². The molecule has 2 rings (SSSR count). The zero-order chi connectivity index (χ0) is 18.8. The summed E-state index contributed by atoms with van der Waals surface area (Å²) in [5.74, 6) is -0.368. The van der Waals surface area contributed by atoms with Gasteiger partial charge in [-0.05, 0) is 30.2 Å². The number of likely N-dealkylation sites (N-methyl/N-ethyl adjacent to an activating group) is 1. The third kappa shape index (κ3) is 6.33. The molecule has 0 aliphatic rings. The van der Waals surface area contributed by atoms with Gasteiger partial charge in [-0.1, -0.05) is 62.4 Å². The third-order valence-corrected chi connectivity index (χ3v) is 4.18. The van der Waals surface area contributed by atoms with Crippen LogP contribution in [0.4, 0.5) is 5.69 Å². The highest BCUT2D eigenvalue weighted by atomic mass is 16.2. The highest BCUT2D eigenvalue weighted by molar-refractivity contribution is 5.95. The van der Waals surface area contributed by atoms with E-state index in [1.165, 1.54) is 0 Å². The highest BCUT2D eigenvalue weighted by Gasteiger charge is 2.11. The molecule has 0 spiro atoms. The van der Waals surface area contributed by atoms with Gasteiger partial charge in [0.2, 0.25) is 11.8 Å². The van der Waals surface area contributed by atoms with Gasteiger partial charge in [0.1, 0.15) is 0 Å². The highest BCUT2D eigenvalue weighted by Crippen LogP contribution is 2.14. The van der Waals surface area contributed by atoms with Crippen LogP contribution in [0.5, 0.6) is 0 Å². The molecular weight excluding hydrogens is 326 g/mol. The number of nitrogens with one attached hydrogen (secondary N) is 2. The molecule has 0 fully saturated rings. The van der Waals surface area contributed by atoms with Crippen LogP contribution in [-0.2, 0) is 22.6 Å². The van der Waals surface area contributed by atoms with Crippen molar-refractivity contribution in [1.29, 1.82) is 0 Å². The number of rotatable bonds is 9. The lowest BCUT2D eigenvalue weighted by atomic mass is 10.1. The number of carbonyl (C=O) groups excluding carboxylic acids is 2. The van der Waals surface area contributed by atoms with Gasteiger partial charge in [0, 0.05) is 12.2 Å². The van der Waals surface area contributed by atoms with Crippen LogP contribution in [0.3, 0.4) is 0 Å². The molecular formula is C21H27N3O2. The van der Waals surface area contributed by atoms with Gasteiger partial charge in [0.25, 0.3) is 0 Å². The van der Waals surface area contributed by atoms with Crippen molar-refractivity contribution in [3.05, 3.63) is 65.7 Å². The molecule has 5 nitrogen and oxygen atoms in total. The van der Waals surface area contributed by atoms with Crippen molar-refractivity contribution in [3.8, 4) is 0 Å². The Hall–Kier alpha value is -2.66. The van der Waals surface area contributed by atoms with Crippen molar-refractivity contribution >= 4 is 17.5 Å². The number of aryl methyl sites for hydroxylation is 1. The molecule has 0 saturated heterocycles. The normalized spacial score (nSPS) is 10.6. The van der Waals surface area contributed by atoms with E-state index in [9.17, 15) is 9.59 Å². The summed E-state index contributed by atoms with van der Waals surface area (Å²) >= 11 is 0. The van der Waals surface area contributed by atoms with Crippen LogP contribution in [0, 0.1) is 0 Å². The SMILES string of the molecule is CCc1ccccc1NC(=O)CNC(=O)CN(CC)Cc1ccccc1. The monoisotopic (exact) mass is 353 g/mol. The van der Waals surface area contributed by atoms with Gasteiger partial charge in [-0.3, -0.25) is 14.5 Å². The minimum atomic E-state index is -0.217. The molecule has 2 N–H and O–H groups in total. The van der Waals surface area contributed by atoms with Crippen LogP contribution >= 0.6 is 0 Å². The maximum atomic E-state index is 12.1. The molecule has 138 valence electrons. The first-order valence-corrected chi connectivity index (χ1v) is 9.03. The van der Waals surface area contributed by atoms with E-state index < -0.39 is 0 Å². The number of para-hydroxylation sites is 1. The van der Waals surface area contributed by atoms with Crippen LogP contribution in [0.1, 0.15) is 25.0 Å². The lowest BCUT2D eigenvalue weighted by molar-refractivity contribution is -0.125. The van der Waals surface area contributed by atoms with Crippen molar-refractivity contribution in [2.45, 2.75) is 26.8 Å². The van der Waals surface area contributed by atoms with Crippen LogP contribution in [-0.4, -0.2) is 36.3 Å². The largest absolute Gasteiger partial charge is 0.346 e. The van der Waals surface area contributed by atoms with E-state index in [1.54, 1.807) is 0 Å². The summed E-state index contributed by atoms with van der Waals surface area (Å²) in [5, 5.41) is 5.55. The van der Waals surface area contributed by atoms with Crippen molar-refractivity contribution in [2.24, 2.45) is 0 Å². The lowest BCUT2D eigenvalue weighted by Crippen LogP contribution is -2.40. The molecule has 0 aliphatic carbocycles. The number of amides is 2. The number of hydrogen-bond donors (Lipinski definition) is 2. The Balaban J connectivity index is 1.79. The lowest BCUT2D eigenvalue weighted by Gasteiger charge is -2.20. The van der Waals surface area contributed by atoms with Crippen molar-refractivity contribution in [2.75, 3.05) is 25.0 Å². The second-order valence-electron chi connectivity index (χ2n) is 6.12. The Kier molecular flexibility index (Phi) is 7.83. The number of carbonyl (C=O) groups is 2. The summed E-state index contributed by atoms with van der Waals surface area (Å²) in [6, 6.07) is 17.7. The number of anilines is 1. The first-order chi connectivity index (χ1) is 12.6. The quantitative estimate of drug-likeness (QED) is 0.729. The fraction of sp³-hybridized carbons (Fsp3) is 0.333. The van der Waals surface area contributed by atoms with Crippen molar-refractivity contribution < 1.29 is 9.59 Å². The third-order valence-electron chi connectivity index (χ3n) is 4.18.